The number of piperidine rings is 1. The number of aryl methyl sites for hydroxylation is 1. The van der Waals surface area contributed by atoms with Crippen molar-refractivity contribution in [2.24, 2.45) is 11.8 Å². The maximum Gasteiger partial charge on any atom is 0.228 e. The fourth-order valence-electron chi connectivity index (χ4n) is 4.12. The standard InChI is InChI=1S/C22H31N3O4/c1-15-4-6-19(7-5-15)25-13-18(12-20(25)26)22(28)24-10-8-17(9-11-24)21(27)23-16(2)14-29-3/h4-7,16-18H,8-14H2,1-3H3,(H,23,27)/t16-,18-/m1/s1. The van der Waals surface area contributed by atoms with Crippen LogP contribution in [0.25, 0.3) is 0 Å². The average molecular weight is 402 g/mol. The molecule has 7 heteroatoms. The topological polar surface area (TPSA) is 79.0 Å². The maximum atomic E-state index is 12.9. The van der Waals surface area contributed by atoms with Gasteiger partial charge in [-0.1, -0.05) is 17.7 Å². The van der Waals surface area contributed by atoms with Crippen molar-refractivity contribution >= 4 is 23.4 Å². The maximum absolute atomic E-state index is 12.9. The normalized spacial score (nSPS) is 21.3. The summed E-state index contributed by atoms with van der Waals surface area (Å²) in [4.78, 5) is 41.3. The molecule has 0 spiro atoms. The van der Waals surface area contributed by atoms with E-state index in [1.165, 1.54) is 0 Å². The lowest BCUT2D eigenvalue weighted by atomic mass is 9.94. The van der Waals surface area contributed by atoms with Crippen LogP contribution in [0.3, 0.4) is 0 Å². The molecule has 0 radical (unpaired) electrons. The first-order chi connectivity index (χ1) is 13.9. The first kappa shape index (κ1) is 21.3. The summed E-state index contributed by atoms with van der Waals surface area (Å²) in [5, 5.41) is 2.96. The monoisotopic (exact) mass is 401 g/mol. The van der Waals surface area contributed by atoms with Gasteiger partial charge >= 0.3 is 0 Å². The molecule has 2 fully saturated rings. The van der Waals surface area contributed by atoms with E-state index in [4.69, 9.17) is 4.74 Å². The van der Waals surface area contributed by atoms with Crippen LogP contribution < -0.4 is 10.2 Å². The molecule has 1 aromatic rings. The lowest BCUT2D eigenvalue weighted by Crippen LogP contribution is -2.47. The van der Waals surface area contributed by atoms with Gasteiger partial charge in [0, 0.05) is 50.8 Å². The van der Waals surface area contributed by atoms with E-state index in [2.05, 4.69) is 5.32 Å². The number of hydrogen-bond acceptors (Lipinski definition) is 4. The van der Waals surface area contributed by atoms with E-state index < -0.39 is 0 Å². The van der Waals surface area contributed by atoms with E-state index in [0.717, 1.165) is 11.3 Å². The molecule has 0 saturated carbocycles. The van der Waals surface area contributed by atoms with Crippen LogP contribution in [0, 0.1) is 18.8 Å². The van der Waals surface area contributed by atoms with Gasteiger partial charge in [-0.3, -0.25) is 14.4 Å². The van der Waals surface area contributed by atoms with Crippen molar-refractivity contribution in [3.63, 3.8) is 0 Å². The number of carbonyl (C=O) groups is 3. The number of anilines is 1. The Hall–Kier alpha value is -2.41. The quantitative estimate of drug-likeness (QED) is 0.788. The third kappa shape index (κ3) is 5.15. The Balaban J connectivity index is 1.51. The summed E-state index contributed by atoms with van der Waals surface area (Å²) in [6, 6.07) is 7.77. The third-order valence-corrected chi connectivity index (χ3v) is 5.80. The van der Waals surface area contributed by atoms with Crippen molar-refractivity contribution in [1.29, 1.82) is 0 Å². The highest BCUT2D eigenvalue weighted by atomic mass is 16.5. The van der Waals surface area contributed by atoms with Gasteiger partial charge in [0.1, 0.15) is 0 Å². The highest BCUT2D eigenvalue weighted by molar-refractivity contribution is 6.00. The number of ether oxygens (including phenoxy) is 1. The van der Waals surface area contributed by atoms with Gasteiger partial charge in [0.25, 0.3) is 0 Å². The number of methoxy groups -OCH3 is 1. The fraction of sp³-hybridized carbons (Fsp3) is 0.591. The van der Waals surface area contributed by atoms with E-state index in [9.17, 15) is 14.4 Å². The molecule has 3 rings (SSSR count). The second-order valence-electron chi connectivity index (χ2n) is 8.21. The van der Waals surface area contributed by atoms with Crippen molar-refractivity contribution in [3.8, 4) is 0 Å². The SMILES string of the molecule is COC[C@@H](C)NC(=O)C1CCN(C(=O)[C@@H]2CC(=O)N(c3ccc(C)cc3)C2)CC1. The lowest BCUT2D eigenvalue weighted by molar-refractivity contribution is -0.139. The molecule has 1 N–H and O–H groups in total. The summed E-state index contributed by atoms with van der Waals surface area (Å²) >= 11 is 0. The van der Waals surface area contributed by atoms with Crippen LogP contribution in [-0.4, -0.2) is 62.0 Å². The molecule has 29 heavy (non-hydrogen) atoms. The van der Waals surface area contributed by atoms with Gasteiger partial charge in [-0.05, 0) is 38.8 Å². The van der Waals surface area contributed by atoms with Crippen molar-refractivity contribution in [2.75, 3.05) is 38.3 Å². The summed E-state index contributed by atoms with van der Waals surface area (Å²) in [5.41, 5.74) is 1.98. The number of carbonyl (C=O) groups excluding carboxylic acids is 3. The van der Waals surface area contributed by atoms with Crippen LogP contribution in [0.1, 0.15) is 31.7 Å². The molecule has 2 aliphatic heterocycles. The van der Waals surface area contributed by atoms with Crippen LogP contribution in [0.15, 0.2) is 24.3 Å². The number of nitrogens with zero attached hydrogens (tertiary/aromatic N) is 2. The Morgan fingerprint density at radius 1 is 1.17 bits per heavy atom. The zero-order valence-corrected chi connectivity index (χ0v) is 17.5. The van der Waals surface area contributed by atoms with E-state index in [1.54, 1.807) is 12.0 Å². The summed E-state index contributed by atoms with van der Waals surface area (Å²) in [6.07, 6.45) is 1.56. The number of rotatable bonds is 6. The largest absolute Gasteiger partial charge is 0.383 e. The van der Waals surface area contributed by atoms with E-state index >= 15 is 0 Å². The first-order valence-electron chi connectivity index (χ1n) is 10.3. The summed E-state index contributed by atoms with van der Waals surface area (Å²) in [5.74, 6) is -0.333. The second-order valence-corrected chi connectivity index (χ2v) is 8.21. The molecule has 2 saturated heterocycles. The molecule has 158 valence electrons. The number of benzene rings is 1. The van der Waals surface area contributed by atoms with E-state index in [-0.39, 0.29) is 42.0 Å². The number of hydrogen-bond donors (Lipinski definition) is 1. The zero-order chi connectivity index (χ0) is 21.0. The van der Waals surface area contributed by atoms with Crippen molar-refractivity contribution < 1.29 is 19.1 Å². The lowest BCUT2D eigenvalue weighted by Gasteiger charge is -2.33. The fourth-order valence-corrected chi connectivity index (χ4v) is 4.12. The van der Waals surface area contributed by atoms with E-state index in [0.29, 0.717) is 39.1 Å². The number of amides is 3. The number of likely N-dealkylation sites (tertiary alicyclic amines) is 1. The van der Waals surface area contributed by atoms with Crippen LogP contribution in [-0.2, 0) is 19.1 Å². The van der Waals surface area contributed by atoms with Crippen LogP contribution in [0.4, 0.5) is 5.69 Å². The van der Waals surface area contributed by atoms with Gasteiger partial charge < -0.3 is 19.9 Å². The van der Waals surface area contributed by atoms with Crippen LogP contribution in [0.2, 0.25) is 0 Å². The highest BCUT2D eigenvalue weighted by Crippen LogP contribution is 2.28. The van der Waals surface area contributed by atoms with Crippen molar-refractivity contribution in [1.82, 2.24) is 10.2 Å². The predicted molar refractivity (Wildman–Crippen MR) is 110 cm³/mol. The van der Waals surface area contributed by atoms with Gasteiger partial charge in [-0.15, -0.1) is 0 Å². The predicted octanol–water partition coefficient (Wildman–Crippen LogP) is 1.74. The minimum Gasteiger partial charge on any atom is -0.383 e. The molecule has 1 aromatic carbocycles. The Morgan fingerprint density at radius 2 is 1.83 bits per heavy atom. The molecule has 3 amide bonds. The summed E-state index contributed by atoms with van der Waals surface area (Å²) in [6.45, 7) is 5.95. The Labute approximate surface area is 172 Å². The van der Waals surface area contributed by atoms with Gasteiger partial charge in [-0.25, -0.2) is 0 Å². The summed E-state index contributed by atoms with van der Waals surface area (Å²) < 4.78 is 5.05. The smallest absolute Gasteiger partial charge is 0.228 e. The van der Waals surface area contributed by atoms with Gasteiger partial charge in [0.05, 0.1) is 12.5 Å². The highest BCUT2D eigenvalue weighted by Gasteiger charge is 2.38. The Morgan fingerprint density at radius 3 is 2.45 bits per heavy atom. The minimum atomic E-state index is -0.309. The second kappa shape index (κ2) is 9.39. The molecule has 0 bridgehead atoms. The number of nitrogens with one attached hydrogen (secondary N) is 1. The van der Waals surface area contributed by atoms with Gasteiger partial charge in [0.2, 0.25) is 17.7 Å². The van der Waals surface area contributed by atoms with Crippen molar-refractivity contribution in [3.05, 3.63) is 29.8 Å². The molecule has 2 heterocycles. The van der Waals surface area contributed by atoms with Crippen LogP contribution in [0.5, 0.6) is 0 Å². The third-order valence-electron chi connectivity index (χ3n) is 5.80. The Kier molecular flexibility index (Phi) is 6.90. The molecular weight excluding hydrogens is 370 g/mol. The van der Waals surface area contributed by atoms with E-state index in [1.807, 2.05) is 43.0 Å². The molecule has 2 aliphatic rings. The first-order valence-corrected chi connectivity index (χ1v) is 10.3. The minimum absolute atomic E-state index is 0.00593. The molecule has 0 unspecified atom stereocenters. The average Bonchev–Trinajstić information content (AvgIpc) is 3.10. The molecule has 0 aliphatic carbocycles. The summed E-state index contributed by atoms with van der Waals surface area (Å²) in [7, 11) is 1.61. The molecule has 7 nitrogen and oxygen atoms in total. The molecule has 0 aromatic heterocycles. The molecule has 2 atom stereocenters. The molecular formula is C22H31N3O4. The van der Waals surface area contributed by atoms with Crippen LogP contribution >= 0.6 is 0 Å². The van der Waals surface area contributed by atoms with Gasteiger partial charge in [0.15, 0.2) is 0 Å². The van der Waals surface area contributed by atoms with Crippen molar-refractivity contribution in [2.45, 2.75) is 39.2 Å². The Bertz CT molecular complexity index is 741. The van der Waals surface area contributed by atoms with Gasteiger partial charge in [-0.2, -0.15) is 0 Å². The zero-order valence-electron chi connectivity index (χ0n) is 17.5.